The van der Waals surface area contributed by atoms with Crippen LogP contribution in [0.1, 0.15) is 21.8 Å². The summed E-state index contributed by atoms with van der Waals surface area (Å²) in [4.78, 5) is 12.1. The largest absolute Gasteiger partial charge is 0.340 e. The third-order valence-electron chi connectivity index (χ3n) is 4.02. The number of thiophene rings is 1. The first kappa shape index (κ1) is 12.8. The van der Waals surface area contributed by atoms with E-state index in [1.807, 2.05) is 17.5 Å². The summed E-state index contributed by atoms with van der Waals surface area (Å²) in [5.41, 5.74) is 4.86. The smallest absolute Gasteiger partial charge is 0.141 e. The van der Waals surface area contributed by atoms with Crippen molar-refractivity contribution >= 4 is 11.3 Å². The van der Waals surface area contributed by atoms with Gasteiger partial charge in [-0.25, -0.2) is 4.98 Å². The Hall–Kier alpha value is -1.92. The number of fused-ring (bicyclic) bond motifs is 1. The molecule has 3 aromatic heterocycles. The molecule has 0 saturated carbocycles. The van der Waals surface area contributed by atoms with Crippen molar-refractivity contribution in [3.8, 4) is 11.4 Å². The lowest BCUT2D eigenvalue weighted by atomic mass is 10.1. The molecule has 4 heterocycles. The van der Waals surface area contributed by atoms with Gasteiger partial charge in [-0.05, 0) is 23.9 Å². The van der Waals surface area contributed by atoms with E-state index in [2.05, 4.69) is 38.5 Å². The molecular weight excluding hydrogens is 282 g/mol. The molecule has 1 aliphatic heterocycles. The first-order valence-electron chi connectivity index (χ1n) is 7.12. The molecule has 0 radical (unpaired) electrons. The zero-order valence-electron chi connectivity index (χ0n) is 11.9. The number of nitrogens with one attached hydrogen (secondary N) is 2. The Labute approximate surface area is 127 Å². The molecule has 4 rings (SSSR count). The van der Waals surface area contributed by atoms with Crippen molar-refractivity contribution in [3.05, 3.63) is 45.7 Å². The van der Waals surface area contributed by atoms with E-state index in [0.717, 1.165) is 37.4 Å². The molecule has 5 nitrogen and oxygen atoms in total. The van der Waals surface area contributed by atoms with Crippen molar-refractivity contribution in [1.29, 1.82) is 0 Å². The van der Waals surface area contributed by atoms with Crippen LogP contribution in [0.4, 0.5) is 0 Å². The Morgan fingerprint density at radius 2 is 2.38 bits per heavy atom. The highest BCUT2D eigenvalue weighted by Gasteiger charge is 2.21. The van der Waals surface area contributed by atoms with Crippen LogP contribution in [0.2, 0.25) is 0 Å². The van der Waals surface area contributed by atoms with Gasteiger partial charge in [-0.2, -0.15) is 5.10 Å². The first-order chi connectivity index (χ1) is 10.3. The van der Waals surface area contributed by atoms with Crippen LogP contribution >= 0.6 is 11.3 Å². The number of hydrogen-bond donors (Lipinski definition) is 2. The number of aromatic amines is 2. The Morgan fingerprint density at radius 3 is 3.14 bits per heavy atom. The van der Waals surface area contributed by atoms with Gasteiger partial charge in [0.05, 0.1) is 23.1 Å². The normalized spacial score (nSPS) is 15.3. The molecule has 0 spiro atoms. The second-order valence-electron chi connectivity index (χ2n) is 5.49. The van der Waals surface area contributed by atoms with Crippen LogP contribution in [0.5, 0.6) is 0 Å². The lowest BCUT2D eigenvalue weighted by molar-refractivity contribution is 0.243. The minimum absolute atomic E-state index is 0.919. The van der Waals surface area contributed by atoms with Gasteiger partial charge in [0.2, 0.25) is 0 Å². The molecule has 0 saturated heterocycles. The van der Waals surface area contributed by atoms with E-state index >= 15 is 0 Å². The fraction of sp³-hybridized carbons (Fsp3) is 0.333. The van der Waals surface area contributed by atoms with E-state index in [0.29, 0.717) is 0 Å². The Kier molecular flexibility index (Phi) is 3.12. The van der Waals surface area contributed by atoms with Gasteiger partial charge in [0.1, 0.15) is 5.82 Å². The molecule has 3 aromatic rings. The average molecular weight is 299 g/mol. The highest BCUT2D eigenvalue weighted by Crippen LogP contribution is 2.25. The molecule has 0 fully saturated rings. The van der Waals surface area contributed by atoms with Crippen LogP contribution in [0.25, 0.3) is 11.4 Å². The van der Waals surface area contributed by atoms with Crippen molar-refractivity contribution < 1.29 is 0 Å². The van der Waals surface area contributed by atoms with Gasteiger partial charge in [-0.15, -0.1) is 11.3 Å². The number of aromatic nitrogens is 4. The standard InChI is InChI=1S/C15H17N5S/c1-10-3-5-21-14(10)9-20-4-2-12-13(8-20)19-15(18-12)11-6-16-17-7-11/h3,5-7H,2,4,8-9H2,1H3,(H,16,17)(H,18,19). The predicted octanol–water partition coefficient (Wildman–Crippen LogP) is 2.73. The molecule has 0 amide bonds. The zero-order valence-corrected chi connectivity index (χ0v) is 12.7. The number of nitrogens with zero attached hydrogens (tertiary/aromatic N) is 3. The highest BCUT2D eigenvalue weighted by molar-refractivity contribution is 7.10. The summed E-state index contributed by atoms with van der Waals surface area (Å²) in [5, 5.41) is 8.99. The maximum atomic E-state index is 4.70. The van der Waals surface area contributed by atoms with Crippen molar-refractivity contribution in [1.82, 2.24) is 25.1 Å². The summed E-state index contributed by atoms with van der Waals surface area (Å²) in [5.74, 6) is 0.919. The monoisotopic (exact) mass is 299 g/mol. The first-order valence-corrected chi connectivity index (χ1v) is 8.00. The van der Waals surface area contributed by atoms with E-state index in [1.54, 1.807) is 6.20 Å². The van der Waals surface area contributed by atoms with Crippen LogP contribution in [-0.2, 0) is 19.5 Å². The topological polar surface area (TPSA) is 60.6 Å². The Balaban J connectivity index is 1.54. The number of hydrogen-bond acceptors (Lipinski definition) is 4. The lowest BCUT2D eigenvalue weighted by Crippen LogP contribution is -2.30. The van der Waals surface area contributed by atoms with Gasteiger partial charge in [0.25, 0.3) is 0 Å². The summed E-state index contributed by atoms with van der Waals surface area (Å²) >= 11 is 1.85. The minimum atomic E-state index is 0.919. The van der Waals surface area contributed by atoms with Crippen molar-refractivity contribution in [3.63, 3.8) is 0 Å². The fourth-order valence-corrected chi connectivity index (χ4v) is 3.72. The van der Waals surface area contributed by atoms with Crippen LogP contribution < -0.4 is 0 Å². The van der Waals surface area contributed by atoms with Crippen LogP contribution in [0.15, 0.2) is 23.8 Å². The van der Waals surface area contributed by atoms with Gasteiger partial charge in [0.15, 0.2) is 0 Å². The molecule has 1 aliphatic rings. The second-order valence-corrected chi connectivity index (χ2v) is 6.49. The molecule has 0 atom stereocenters. The fourth-order valence-electron chi connectivity index (χ4n) is 2.77. The second kappa shape index (κ2) is 5.13. The predicted molar refractivity (Wildman–Crippen MR) is 83.0 cm³/mol. The van der Waals surface area contributed by atoms with Gasteiger partial charge >= 0.3 is 0 Å². The third kappa shape index (κ3) is 2.41. The quantitative estimate of drug-likeness (QED) is 0.782. The summed E-state index contributed by atoms with van der Waals surface area (Å²) in [6.07, 6.45) is 4.68. The molecule has 0 unspecified atom stereocenters. The molecule has 2 N–H and O–H groups in total. The maximum Gasteiger partial charge on any atom is 0.141 e. The van der Waals surface area contributed by atoms with Gasteiger partial charge in [-0.3, -0.25) is 10.00 Å². The number of imidazole rings is 1. The number of rotatable bonds is 3. The Bertz CT molecular complexity index is 740. The summed E-state index contributed by atoms with van der Waals surface area (Å²) in [6.45, 7) is 5.23. The number of aryl methyl sites for hydroxylation is 1. The number of H-pyrrole nitrogens is 2. The molecule has 21 heavy (non-hydrogen) atoms. The van der Waals surface area contributed by atoms with Crippen molar-refractivity contribution in [2.24, 2.45) is 0 Å². The van der Waals surface area contributed by atoms with Crippen LogP contribution in [0, 0.1) is 6.92 Å². The van der Waals surface area contributed by atoms with Gasteiger partial charge in [0, 0.05) is 37.1 Å². The zero-order chi connectivity index (χ0) is 14.2. The van der Waals surface area contributed by atoms with Gasteiger partial charge in [-0.1, -0.05) is 0 Å². The highest BCUT2D eigenvalue weighted by atomic mass is 32.1. The van der Waals surface area contributed by atoms with E-state index in [4.69, 9.17) is 4.98 Å². The van der Waals surface area contributed by atoms with E-state index in [-0.39, 0.29) is 0 Å². The third-order valence-corrected chi connectivity index (χ3v) is 5.03. The van der Waals surface area contributed by atoms with E-state index in [9.17, 15) is 0 Å². The molecule has 0 bridgehead atoms. The summed E-state index contributed by atoms with van der Waals surface area (Å²) in [7, 11) is 0. The molecule has 0 aromatic carbocycles. The lowest BCUT2D eigenvalue weighted by Gasteiger charge is -2.25. The summed E-state index contributed by atoms with van der Waals surface area (Å²) in [6, 6.07) is 2.20. The van der Waals surface area contributed by atoms with Crippen molar-refractivity contribution in [2.75, 3.05) is 6.54 Å². The average Bonchev–Trinajstić information content (AvgIpc) is 3.19. The van der Waals surface area contributed by atoms with E-state index < -0.39 is 0 Å². The molecule has 0 aliphatic carbocycles. The van der Waals surface area contributed by atoms with Crippen LogP contribution in [0.3, 0.4) is 0 Å². The molecule has 6 heteroatoms. The maximum absolute atomic E-state index is 4.70. The molecular formula is C15H17N5S. The Morgan fingerprint density at radius 1 is 1.43 bits per heavy atom. The van der Waals surface area contributed by atoms with E-state index in [1.165, 1.54) is 21.8 Å². The summed E-state index contributed by atoms with van der Waals surface area (Å²) < 4.78 is 0. The SMILES string of the molecule is Cc1ccsc1CN1CCc2nc(-c3cn[nH]c3)[nH]c2C1. The molecule has 108 valence electrons. The van der Waals surface area contributed by atoms with Crippen LogP contribution in [-0.4, -0.2) is 31.6 Å². The van der Waals surface area contributed by atoms with Gasteiger partial charge < -0.3 is 4.98 Å². The minimum Gasteiger partial charge on any atom is -0.340 e. The van der Waals surface area contributed by atoms with Crippen molar-refractivity contribution in [2.45, 2.75) is 26.4 Å².